The maximum atomic E-state index is 14.0. The third-order valence-electron chi connectivity index (χ3n) is 4.69. The van der Waals surface area contributed by atoms with Crippen LogP contribution in [0.5, 0.6) is 0 Å². The van der Waals surface area contributed by atoms with Crippen LogP contribution in [0.1, 0.15) is 38.1 Å². The SMILES string of the molecule is CC(C)Nc1cc(-n2ccc3cc(Cl)ccc32)ncc1C(=O)NC[C@@H](F)C(C)(C)O. The Kier molecular flexibility index (Phi) is 6.33. The minimum atomic E-state index is -1.59. The molecule has 0 aliphatic carbocycles. The van der Waals surface area contributed by atoms with Crippen molar-refractivity contribution < 1.29 is 14.3 Å². The highest BCUT2D eigenvalue weighted by Crippen LogP contribution is 2.25. The van der Waals surface area contributed by atoms with Gasteiger partial charge in [-0.3, -0.25) is 4.79 Å². The molecule has 3 aromatic rings. The summed E-state index contributed by atoms with van der Waals surface area (Å²) in [5.41, 5.74) is 0.286. The molecular formula is C22H26ClFN4O2. The van der Waals surface area contributed by atoms with Crippen molar-refractivity contribution in [2.75, 3.05) is 11.9 Å². The minimum Gasteiger partial charge on any atom is -0.387 e. The van der Waals surface area contributed by atoms with Gasteiger partial charge in [0.2, 0.25) is 0 Å². The summed E-state index contributed by atoms with van der Waals surface area (Å²) in [7, 11) is 0. The Hall–Kier alpha value is -2.64. The first kappa shape index (κ1) is 22.1. The Balaban J connectivity index is 1.92. The molecule has 0 aliphatic rings. The van der Waals surface area contributed by atoms with E-state index in [2.05, 4.69) is 15.6 Å². The van der Waals surface area contributed by atoms with Crippen LogP contribution in [0, 0.1) is 0 Å². The highest BCUT2D eigenvalue weighted by molar-refractivity contribution is 6.31. The number of amides is 1. The third-order valence-corrected chi connectivity index (χ3v) is 4.92. The summed E-state index contributed by atoms with van der Waals surface area (Å²) in [6, 6.07) is 9.39. The molecule has 1 aromatic carbocycles. The van der Waals surface area contributed by atoms with E-state index in [-0.39, 0.29) is 12.6 Å². The quantitative estimate of drug-likeness (QED) is 0.519. The molecule has 0 radical (unpaired) electrons. The number of pyridine rings is 1. The second-order valence-corrected chi connectivity index (χ2v) is 8.54. The first-order valence-corrected chi connectivity index (χ1v) is 10.1. The van der Waals surface area contributed by atoms with Gasteiger partial charge in [0.1, 0.15) is 12.0 Å². The van der Waals surface area contributed by atoms with Crippen LogP contribution in [0.15, 0.2) is 42.7 Å². The summed E-state index contributed by atoms with van der Waals surface area (Å²) >= 11 is 6.07. The van der Waals surface area contributed by atoms with E-state index in [1.807, 2.05) is 48.9 Å². The van der Waals surface area contributed by atoms with Crippen LogP contribution in [0.2, 0.25) is 5.02 Å². The zero-order valence-electron chi connectivity index (χ0n) is 17.4. The molecule has 8 heteroatoms. The lowest BCUT2D eigenvalue weighted by atomic mass is 10.0. The van der Waals surface area contributed by atoms with Crippen molar-refractivity contribution in [1.82, 2.24) is 14.9 Å². The lowest BCUT2D eigenvalue weighted by Crippen LogP contribution is -2.42. The van der Waals surface area contributed by atoms with E-state index in [4.69, 9.17) is 11.6 Å². The van der Waals surface area contributed by atoms with Crippen molar-refractivity contribution in [3.05, 3.63) is 53.3 Å². The predicted molar refractivity (Wildman–Crippen MR) is 118 cm³/mol. The molecule has 0 spiro atoms. The highest BCUT2D eigenvalue weighted by Gasteiger charge is 2.27. The van der Waals surface area contributed by atoms with Gasteiger partial charge in [-0.2, -0.15) is 0 Å². The maximum Gasteiger partial charge on any atom is 0.255 e. The van der Waals surface area contributed by atoms with E-state index in [0.29, 0.717) is 22.1 Å². The molecule has 3 N–H and O–H groups in total. The van der Waals surface area contributed by atoms with Crippen LogP contribution in [0.4, 0.5) is 10.1 Å². The highest BCUT2D eigenvalue weighted by atomic mass is 35.5. The molecule has 3 rings (SSSR count). The van der Waals surface area contributed by atoms with E-state index in [1.165, 1.54) is 20.0 Å². The molecule has 6 nitrogen and oxygen atoms in total. The molecule has 0 unspecified atom stereocenters. The number of rotatable bonds is 7. The molecule has 0 fully saturated rings. The summed E-state index contributed by atoms with van der Waals surface area (Å²) in [5.74, 6) is 0.167. The number of alkyl halides is 1. The minimum absolute atomic E-state index is 0.0670. The van der Waals surface area contributed by atoms with Gasteiger partial charge in [-0.1, -0.05) is 11.6 Å². The van der Waals surface area contributed by atoms with Crippen molar-refractivity contribution in [1.29, 1.82) is 0 Å². The number of anilines is 1. The molecule has 2 heterocycles. The fourth-order valence-corrected chi connectivity index (χ4v) is 3.21. The van der Waals surface area contributed by atoms with Gasteiger partial charge in [-0.05, 0) is 52.0 Å². The fraction of sp³-hybridized carbons (Fsp3) is 0.364. The Labute approximate surface area is 180 Å². The Morgan fingerprint density at radius 2 is 2.03 bits per heavy atom. The second kappa shape index (κ2) is 8.62. The molecule has 0 bridgehead atoms. The van der Waals surface area contributed by atoms with E-state index in [1.54, 1.807) is 6.07 Å². The number of hydrogen-bond donors (Lipinski definition) is 3. The molecule has 0 saturated carbocycles. The summed E-state index contributed by atoms with van der Waals surface area (Å²) in [5, 5.41) is 17.1. The van der Waals surface area contributed by atoms with Gasteiger partial charge >= 0.3 is 0 Å². The zero-order valence-corrected chi connectivity index (χ0v) is 18.2. The Morgan fingerprint density at radius 1 is 1.30 bits per heavy atom. The van der Waals surface area contributed by atoms with E-state index in [9.17, 15) is 14.3 Å². The fourth-order valence-electron chi connectivity index (χ4n) is 3.03. The van der Waals surface area contributed by atoms with Crippen LogP contribution in [0.25, 0.3) is 16.7 Å². The Bertz CT molecular complexity index is 1060. The normalized spacial score (nSPS) is 12.9. The number of nitrogens with zero attached hydrogens (tertiary/aromatic N) is 2. The first-order chi connectivity index (χ1) is 14.1. The van der Waals surface area contributed by atoms with Crippen LogP contribution < -0.4 is 10.6 Å². The van der Waals surface area contributed by atoms with Crippen molar-refractivity contribution in [2.24, 2.45) is 0 Å². The second-order valence-electron chi connectivity index (χ2n) is 8.11. The monoisotopic (exact) mass is 432 g/mol. The van der Waals surface area contributed by atoms with E-state index < -0.39 is 17.7 Å². The first-order valence-electron chi connectivity index (χ1n) is 9.74. The van der Waals surface area contributed by atoms with Crippen LogP contribution in [0.3, 0.4) is 0 Å². The topological polar surface area (TPSA) is 79.2 Å². The van der Waals surface area contributed by atoms with Crippen molar-refractivity contribution in [3.63, 3.8) is 0 Å². The predicted octanol–water partition coefficient (Wildman–Crippen LogP) is 4.34. The van der Waals surface area contributed by atoms with Crippen LogP contribution >= 0.6 is 11.6 Å². The average Bonchev–Trinajstić information content (AvgIpc) is 3.07. The van der Waals surface area contributed by atoms with Crippen molar-refractivity contribution in [2.45, 2.75) is 45.5 Å². The lowest BCUT2D eigenvalue weighted by Gasteiger charge is -2.23. The third kappa shape index (κ3) is 4.91. The zero-order chi connectivity index (χ0) is 22.1. The van der Waals surface area contributed by atoms with E-state index in [0.717, 1.165) is 10.9 Å². The molecule has 30 heavy (non-hydrogen) atoms. The van der Waals surface area contributed by atoms with E-state index >= 15 is 0 Å². The maximum absolute atomic E-state index is 14.0. The number of benzene rings is 1. The summed E-state index contributed by atoms with van der Waals surface area (Å²) in [6.45, 7) is 6.34. The van der Waals surface area contributed by atoms with Crippen molar-refractivity contribution in [3.8, 4) is 5.82 Å². The number of nitrogens with one attached hydrogen (secondary N) is 2. The van der Waals surface area contributed by atoms with Crippen molar-refractivity contribution >= 4 is 34.1 Å². The van der Waals surface area contributed by atoms with Gasteiger partial charge in [0.25, 0.3) is 5.91 Å². The number of carbonyl (C=O) groups is 1. The number of carbonyl (C=O) groups excluding carboxylic acids is 1. The molecule has 160 valence electrons. The smallest absolute Gasteiger partial charge is 0.255 e. The molecule has 1 amide bonds. The number of aromatic nitrogens is 2. The number of hydrogen-bond acceptors (Lipinski definition) is 4. The molecule has 1 atom stereocenters. The molecule has 0 saturated heterocycles. The molecule has 2 aromatic heterocycles. The van der Waals surface area contributed by atoms with Crippen LogP contribution in [-0.4, -0.2) is 44.9 Å². The average molecular weight is 433 g/mol. The Morgan fingerprint density at radius 3 is 2.70 bits per heavy atom. The van der Waals surface area contributed by atoms with Gasteiger partial charge in [-0.15, -0.1) is 0 Å². The van der Waals surface area contributed by atoms with Gasteiger partial charge < -0.3 is 20.3 Å². The van der Waals surface area contributed by atoms with Gasteiger partial charge in [0.15, 0.2) is 0 Å². The lowest BCUT2D eigenvalue weighted by molar-refractivity contribution is -0.00177. The largest absolute Gasteiger partial charge is 0.387 e. The standard InChI is InChI=1S/C22H26ClFN4O2/c1-13(2)27-17-10-20(28-8-7-14-9-15(23)5-6-18(14)28)25-11-16(17)21(29)26-12-19(24)22(3,4)30/h5-11,13,19,30H,12H2,1-4H3,(H,25,27)(H,26,29)/t19-/m1/s1. The van der Waals surface area contributed by atoms with Gasteiger partial charge in [0, 0.05) is 34.9 Å². The summed E-state index contributed by atoms with van der Waals surface area (Å²) < 4.78 is 15.9. The van der Waals surface area contributed by atoms with Crippen LogP contribution in [-0.2, 0) is 0 Å². The molecule has 0 aliphatic heterocycles. The van der Waals surface area contributed by atoms with Gasteiger partial charge in [-0.25, -0.2) is 9.37 Å². The van der Waals surface area contributed by atoms with Gasteiger partial charge in [0.05, 0.1) is 28.9 Å². The summed E-state index contributed by atoms with van der Waals surface area (Å²) in [6.07, 6.45) is 1.77. The number of aliphatic hydroxyl groups is 1. The summed E-state index contributed by atoms with van der Waals surface area (Å²) in [4.78, 5) is 17.1. The number of fused-ring (bicyclic) bond motifs is 1. The molecular weight excluding hydrogens is 407 g/mol. The number of halogens is 2.